The summed E-state index contributed by atoms with van der Waals surface area (Å²) in [5.41, 5.74) is 1.04. The van der Waals surface area contributed by atoms with Crippen molar-refractivity contribution < 1.29 is 4.42 Å². The van der Waals surface area contributed by atoms with Crippen molar-refractivity contribution in [1.29, 1.82) is 0 Å². The van der Waals surface area contributed by atoms with E-state index in [9.17, 15) is 0 Å². The largest absolute Gasteiger partial charge is 0.446 e. The molecule has 1 aromatic heterocycles. The van der Waals surface area contributed by atoms with Crippen LogP contribution < -0.4 is 5.32 Å². The number of nitrogens with one attached hydrogen (secondary N) is 1. The van der Waals surface area contributed by atoms with Crippen LogP contribution in [-0.2, 0) is 6.42 Å². The third-order valence-corrected chi connectivity index (χ3v) is 2.86. The molecule has 84 valence electrons. The van der Waals surface area contributed by atoms with Gasteiger partial charge in [-0.15, -0.1) is 0 Å². The van der Waals surface area contributed by atoms with Crippen LogP contribution in [0.1, 0.15) is 17.3 Å². The number of piperazine rings is 1. The lowest BCUT2D eigenvalue weighted by atomic mass is 10.2. The van der Waals surface area contributed by atoms with Gasteiger partial charge in [-0.25, -0.2) is 4.98 Å². The third-order valence-electron chi connectivity index (χ3n) is 2.86. The summed E-state index contributed by atoms with van der Waals surface area (Å²) in [6, 6.07) is 0. The van der Waals surface area contributed by atoms with Crippen LogP contribution in [-0.4, -0.2) is 42.6 Å². The van der Waals surface area contributed by atoms with Crippen molar-refractivity contribution in [3.63, 3.8) is 0 Å². The second-order valence-corrected chi connectivity index (χ2v) is 4.08. The van der Waals surface area contributed by atoms with Gasteiger partial charge >= 0.3 is 0 Å². The molecule has 4 nitrogen and oxygen atoms in total. The van der Waals surface area contributed by atoms with Crippen LogP contribution in [0.2, 0.25) is 0 Å². The molecule has 0 atom stereocenters. The maximum atomic E-state index is 5.55. The molecule has 0 spiro atoms. The van der Waals surface area contributed by atoms with Gasteiger partial charge in [0, 0.05) is 46.1 Å². The van der Waals surface area contributed by atoms with Gasteiger partial charge in [-0.2, -0.15) is 0 Å². The van der Waals surface area contributed by atoms with Gasteiger partial charge in [0.2, 0.25) is 0 Å². The molecule has 2 rings (SSSR count). The normalized spacial score (nSPS) is 18.3. The minimum atomic E-state index is 0.780. The molecular weight excluding hydrogens is 190 g/mol. The lowest BCUT2D eigenvalue weighted by Crippen LogP contribution is -2.44. The zero-order valence-electron chi connectivity index (χ0n) is 9.55. The Morgan fingerprint density at radius 2 is 2.07 bits per heavy atom. The molecule has 0 saturated carbocycles. The summed E-state index contributed by atoms with van der Waals surface area (Å²) in [5, 5.41) is 3.35. The van der Waals surface area contributed by atoms with E-state index in [2.05, 4.69) is 15.2 Å². The first kappa shape index (κ1) is 10.6. The molecule has 0 bridgehead atoms. The first-order valence-electron chi connectivity index (χ1n) is 5.61. The first-order chi connectivity index (χ1) is 7.25. The van der Waals surface area contributed by atoms with E-state index < -0.39 is 0 Å². The van der Waals surface area contributed by atoms with Crippen LogP contribution in [0.15, 0.2) is 4.42 Å². The second-order valence-electron chi connectivity index (χ2n) is 4.08. The number of hydrogen-bond acceptors (Lipinski definition) is 4. The Balaban J connectivity index is 1.84. The average molecular weight is 209 g/mol. The van der Waals surface area contributed by atoms with Crippen molar-refractivity contribution in [2.45, 2.75) is 20.3 Å². The third kappa shape index (κ3) is 2.79. The standard InChI is InChI=1S/C11H19N3O/c1-9-11(15-10(2)13-9)3-6-14-7-4-12-5-8-14/h12H,3-8H2,1-2H3. The summed E-state index contributed by atoms with van der Waals surface area (Å²) in [6.07, 6.45) is 0.979. The van der Waals surface area contributed by atoms with E-state index in [-0.39, 0.29) is 0 Å². The van der Waals surface area contributed by atoms with E-state index in [1.165, 1.54) is 0 Å². The van der Waals surface area contributed by atoms with Crippen LogP contribution >= 0.6 is 0 Å². The van der Waals surface area contributed by atoms with Gasteiger partial charge in [-0.05, 0) is 6.92 Å². The van der Waals surface area contributed by atoms with Gasteiger partial charge in [-0.1, -0.05) is 0 Å². The smallest absolute Gasteiger partial charge is 0.191 e. The minimum Gasteiger partial charge on any atom is -0.446 e. The van der Waals surface area contributed by atoms with Crippen LogP contribution in [0, 0.1) is 13.8 Å². The van der Waals surface area contributed by atoms with Gasteiger partial charge in [0.25, 0.3) is 0 Å². The van der Waals surface area contributed by atoms with Gasteiger partial charge in [0.1, 0.15) is 5.76 Å². The lowest BCUT2D eigenvalue weighted by molar-refractivity contribution is 0.238. The number of oxazole rings is 1. The van der Waals surface area contributed by atoms with Gasteiger partial charge in [0.05, 0.1) is 5.69 Å². The molecular formula is C11H19N3O. The summed E-state index contributed by atoms with van der Waals surface area (Å²) in [7, 11) is 0. The van der Waals surface area contributed by atoms with Crippen LogP contribution in [0.3, 0.4) is 0 Å². The molecule has 1 aliphatic heterocycles. The zero-order chi connectivity index (χ0) is 10.7. The molecule has 1 aromatic rings. The first-order valence-corrected chi connectivity index (χ1v) is 5.61. The van der Waals surface area contributed by atoms with Crippen molar-refractivity contribution in [2.75, 3.05) is 32.7 Å². The topological polar surface area (TPSA) is 41.3 Å². The Hall–Kier alpha value is -0.870. The van der Waals surface area contributed by atoms with Gasteiger partial charge < -0.3 is 14.6 Å². The molecule has 2 heterocycles. The summed E-state index contributed by atoms with van der Waals surface area (Å²) < 4.78 is 5.55. The van der Waals surface area contributed by atoms with Crippen molar-refractivity contribution in [3.8, 4) is 0 Å². The Morgan fingerprint density at radius 3 is 2.67 bits per heavy atom. The molecule has 1 aliphatic rings. The fourth-order valence-corrected chi connectivity index (χ4v) is 2.00. The van der Waals surface area contributed by atoms with Crippen LogP contribution in [0.4, 0.5) is 0 Å². The SMILES string of the molecule is Cc1nc(C)c(CCN2CCNCC2)o1. The fourth-order valence-electron chi connectivity index (χ4n) is 2.00. The van der Waals surface area contributed by atoms with Crippen molar-refractivity contribution in [3.05, 3.63) is 17.3 Å². The predicted octanol–water partition coefficient (Wildman–Crippen LogP) is 0.739. The summed E-state index contributed by atoms with van der Waals surface area (Å²) >= 11 is 0. The Morgan fingerprint density at radius 1 is 1.33 bits per heavy atom. The molecule has 15 heavy (non-hydrogen) atoms. The summed E-state index contributed by atoms with van der Waals surface area (Å²) in [5.74, 6) is 1.83. The molecule has 1 saturated heterocycles. The van der Waals surface area contributed by atoms with Crippen molar-refractivity contribution in [2.24, 2.45) is 0 Å². The van der Waals surface area contributed by atoms with Gasteiger partial charge in [0.15, 0.2) is 5.89 Å². The van der Waals surface area contributed by atoms with E-state index >= 15 is 0 Å². The molecule has 0 aliphatic carbocycles. The van der Waals surface area contributed by atoms with E-state index in [1.807, 2.05) is 13.8 Å². The molecule has 1 N–H and O–H groups in total. The highest BCUT2D eigenvalue weighted by molar-refractivity contribution is 5.07. The van der Waals surface area contributed by atoms with E-state index in [0.29, 0.717) is 0 Å². The number of nitrogens with zero attached hydrogens (tertiary/aromatic N) is 2. The van der Waals surface area contributed by atoms with Crippen LogP contribution in [0.25, 0.3) is 0 Å². The molecule has 0 amide bonds. The molecule has 1 fully saturated rings. The Labute approximate surface area is 90.7 Å². The average Bonchev–Trinajstić information content (AvgIpc) is 2.56. The zero-order valence-corrected chi connectivity index (χ0v) is 9.55. The number of rotatable bonds is 3. The van der Waals surface area contributed by atoms with E-state index in [0.717, 1.165) is 56.5 Å². The summed E-state index contributed by atoms with van der Waals surface area (Å²) in [6.45, 7) is 9.50. The van der Waals surface area contributed by atoms with E-state index in [4.69, 9.17) is 4.42 Å². The molecule has 0 unspecified atom stereocenters. The maximum Gasteiger partial charge on any atom is 0.191 e. The highest BCUT2D eigenvalue weighted by Gasteiger charge is 2.12. The second kappa shape index (κ2) is 4.77. The van der Waals surface area contributed by atoms with Crippen molar-refractivity contribution in [1.82, 2.24) is 15.2 Å². The van der Waals surface area contributed by atoms with Gasteiger partial charge in [-0.3, -0.25) is 0 Å². The number of aryl methyl sites for hydroxylation is 2. The predicted molar refractivity (Wildman–Crippen MR) is 59.0 cm³/mol. The Kier molecular flexibility index (Phi) is 3.38. The monoisotopic (exact) mass is 209 g/mol. The Bertz CT molecular complexity index is 316. The summed E-state index contributed by atoms with van der Waals surface area (Å²) in [4.78, 5) is 6.74. The lowest BCUT2D eigenvalue weighted by Gasteiger charge is -2.26. The quantitative estimate of drug-likeness (QED) is 0.797. The van der Waals surface area contributed by atoms with Crippen LogP contribution in [0.5, 0.6) is 0 Å². The molecule has 0 aromatic carbocycles. The number of hydrogen-bond donors (Lipinski definition) is 1. The molecule has 4 heteroatoms. The van der Waals surface area contributed by atoms with E-state index in [1.54, 1.807) is 0 Å². The highest BCUT2D eigenvalue weighted by atomic mass is 16.4. The minimum absolute atomic E-state index is 0.780. The number of aromatic nitrogens is 1. The highest BCUT2D eigenvalue weighted by Crippen LogP contribution is 2.10. The van der Waals surface area contributed by atoms with Crippen molar-refractivity contribution >= 4 is 0 Å². The maximum absolute atomic E-state index is 5.55. The molecule has 0 radical (unpaired) electrons. The fraction of sp³-hybridized carbons (Fsp3) is 0.727.